The first-order chi connectivity index (χ1) is 12.1. The number of ether oxygens (including phenoxy) is 2. The van der Waals surface area contributed by atoms with E-state index in [1.54, 1.807) is 20.1 Å². The Labute approximate surface area is 153 Å². The fraction of sp³-hybridized carbons (Fsp3) is 0.294. The minimum Gasteiger partial charge on any atom is -0.491 e. The number of methoxy groups -OCH3 is 1. The average molecular weight is 399 g/mol. The van der Waals surface area contributed by atoms with Crippen LogP contribution >= 0.6 is 0 Å². The molecule has 7 nitrogen and oxygen atoms in total. The van der Waals surface area contributed by atoms with Crippen LogP contribution in [0.25, 0.3) is 0 Å². The van der Waals surface area contributed by atoms with Crippen LogP contribution in [0.3, 0.4) is 0 Å². The molecule has 26 heavy (non-hydrogen) atoms. The summed E-state index contributed by atoms with van der Waals surface area (Å²) in [6.07, 6.45) is 1.09. The first kappa shape index (κ1) is 20.2. The van der Waals surface area contributed by atoms with Gasteiger partial charge in [0.25, 0.3) is 10.0 Å². The Morgan fingerprint density at radius 1 is 0.923 bits per heavy atom. The molecule has 2 aromatic carbocycles. The Hall–Kier alpha value is -2.10. The number of sulfone groups is 1. The Kier molecular flexibility index (Phi) is 6.27. The highest BCUT2D eigenvalue weighted by Gasteiger charge is 2.16. The number of hydrogen-bond acceptors (Lipinski definition) is 6. The molecule has 0 amide bonds. The Morgan fingerprint density at radius 3 is 2.08 bits per heavy atom. The van der Waals surface area contributed by atoms with Gasteiger partial charge in [-0.25, -0.2) is 16.8 Å². The van der Waals surface area contributed by atoms with Gasteiger partial charge in [-0.3, -0.25) is 4.72 Å². The largest absolute Gasteiger partial charge is 0.491 e. The molecule has 0 aromatic heterocycles. The van der Waals surface area contributed by atoms with E-state index in [1.807, 2.05) is 0 Å². The molecule has 0 aliphatic heterocycles. The van der Waals surface area contributed by atoms with Crippen LogP contribution in [-0.4, -0.2) is 43.4 Å². The molecule has 0 heterocycles. The molecule has 0 radical (unpaired) electrons. The van der Waals surface area contributed by atoms with Gasteiger partial charge in [0.15, 0.2) is 9.84 Å². The van der Waals surface area contributed by atoms with Crippen LogP contribution < -0.4 is 9.46 Å². The normalized spacial score (nSPS) is 12.0. The molecule has 0 unspecified atom stereocenters. The number of anilines is 1. The zero-order chi connectivity index (χ0) is 19.4. The van der Waals surface area contributed by atoms with E-state index in [2.05, 4.69) is 4.72 Å². The number of benzene rings is 2. The molecule has 0 aliphatic rings. The monoisotopic (exact) mass is 399 g/mol. The molecule has 2 rings (SSSR count). The summed E-state index contributed by atoms with van der Waals surface area (Å²) in [5, 5.41) is 0. The lowest BCUT2D eigenvalue weighted by molar-refractivity contribution is 0.146. The zero-order valence-electron chi connectivity index (χ0n) is 14.7. The van der Waals surface area contributed by atoms with Gasteiger partial charge in [-0.05, 0) is 55.0 Å². The van der Waals surface area contributed by atoms with E-state index in [0.29, 0.717) is 24.5 Å². The van der Waals surface area contributed by atoms with E-state index in [0.717, 1.165) is 6.26 Å². The van der Waals surface area contributed by atoms with Gasteiger partial charge in [0.2, 0.25) is 0 Å². The van der Waals surface area contributed by atoms with Gasteiger partial charge in [-0.1, -0.05) is 0 Å². The second-order valence-electron chi connectivity index (χ2n) is 5.67. The van der Waals surface area contributed by atoms with Gasteiger partial charge < -0.3 is 9.47 Å². The Bertz CT molecular complexity index is 967. The fourth-order valence-electron chi connectivity index (χ4n) is 2.17. The summed E-state index contributed by atoms with van der Waals surface area (Å²) in [5.74, 6) is 0.582. The van der Waals surface area contributed by atoms with Crippen LogP contribution in [0.15, 0.2) is 52.3 Å². The summed E-state index contributed by atoms with van der Waals surface area (Å²) >= 11 is 0. The molecule has 0 saturated carbocycles. The molecular weight excluding hydrogens is 378 g/mol. The molecule has 0 spiro atoms. The lowest BCUT2D eigenvalue weighted by atomic mass is 10.2. The number of nitrogens with one attached hydrogen (secondary N) is 1. The van der Waals surface area contributed by atoms with Crippen molar-refractivity contribution in [1.29, 1.82) is 0 Å². The van der Waals surface area contributed by atoms with Crippen LogP contribution in [0, 0.1) is 6.92 Å². The third-order valence-corrected chi connectivity index (χ3v) is 6.04. The van der Waals surface area contributed by atoms with Gasteiger partial charge in [-0.2, -0.15) is 0 Å². The molecule has 0 fully saturated rings. The molecular formula is C17H21NO6S2. The maximum absolute atomic E-state index is 12.5. The van der Waals surface area contributed by atoms with Crippen molar-refractivity contribution in [2.24, 2.45) is 0 Å². The van der Waals surface area contributed by atoms with Gasteiger partial charge in [-0.15, -0.1) is 0 Å². The van der Waals surface area contributed by atoms with Crippen molar-refractivity contribution in [3.8, 4) is 5.75 Å². The zero-order valence-corrected chi connectivity index (χ0v) is 16.4. The van der Waals surface area contributed by atoms with Gasteiger partial charge in [0.1, 0.15) is 12.4 Å². The maximum atomic E-state index is 12.5. The van der Waals surface area contributed by atoms with Crippen molar-refractivity contribution in [3.05, 3.63) is 48.0 Å². The molecule has 9 heteroatoms. The van der Waals surface area contributed by atoms with Crippen molar-refractivity contribution in [2.75, 3.05) is 31.3 Å². The quantitative estimate of drug-likeness (QED) is 0.684. The predicted molar refractivity (Wildman–Crippen MR) is 98.9 cm³/mol. The third kappa shape index (κ3) is 5.20. The maximum Gasteiger partial charge on any atom is 0.261 e. The average Bonchev–Trinajstić information content (AvgIpc) is 2.55. The second-order valence-corrected chi connectivity index (χ2v) is 9.37. The predicted octanol–water partition coefficient (Wildman–Crippen LogP) is 2.22. The van der Waals surface area contributed by atoms with E-state index in [4.69, 9.17) is 9.47 Å². The van der Waals surface area contributed by atoms with Gasteiger partial charge >= 0.3 is 0 Å². The standard InChI is InChI=1S/C17H21NO6S2/c1-13-12-16(8-9-17(13)24-11-10-23-2)26(21,22)18-14-4-6-15(7-5-14)25(3,19)20/h4-9,12,18H,10-11H2,1-3H3. The van der Waals surface area contributed by atoms with Crippen LogP contribution in [-0.2, 0) is 24.6 Å². The molecule has 0 bridgehead atoms. The summed E-state index contributed by atoms with van der Waals surface area (Å²) < 4.78 is 60.8. The number of hydrogen-bond donors (Lipinski definition) is 1. The summed E-state index contributed by atoms with van der Waals surface area (Å²) in [4.78, 5) is 0.204. The third-order valence-electron chi connectivity index (χ3n) is 3.54. The summed E-state index contributed by atoms with van der Waals surface area (Å²) in [7, 11) is -5.57. The minimum absolute atomic E-state index is 0.0845. The minimum atomic E-state index is -3.81. The van der Waals surface area contributed by atoms with E-state index >= 15 is 0 Å². The molecule has 0 saturated heterocycles. The fourth-order valence-corrected chi connectivity index (χ4v) is 3.94. The van der Waals surface area contributed by atoms with Crippen molar-refractivity contribution >= 4 is 25.5 Å². The molecule has 0 aliphatic carbocycles. The lowest BCUT2D eigenvalue weighted by Gasteiger charge is -2.12. The summed E-state index contributed by atoms with van der Waals surface area (Å²) in [5.41, 5.74) is 0.951. The molecule has 2 aromatic rings. The first-order valence-corrected chi connectivity index (χ1v) is 11.1. The van der Waals surface area contributed by atoms with Crippen molar-refractivity contribution in [3.63, 3.8) is 0 Å². The van der Waals surface area contributed by atoms with E-state index in [-0.39, 0.29) is 15.5 Å². The van der Waals surface area contributed by atoms with Crippen LogP contribution in [0.1, 0.15) is 5.56 Å². The topological polar surface area (TPSA) is 98.8 Å². The Balaban J connectivity index is 2.18. The highest BCUT2D eigenvalue weighted by atomic mass is 32.2. The lowest BCUT2D eigenvalue weighted by Crippen LogP contribution is -2.13. The van der Waals surface area contributed by atoms with Crippen LogP contribution in [0.2, 0.25) is 0 Å². The SMILES string of the molecule is COCCOc1ccc(S(=O)(=O)Nc2ccc(S(C)(=O)=O)cc2)cc1C. The van der Waals surface area contributed by atoms with Crippen molar-refractivity contribution in [2.45, 2.75) is 16.7 Å². The van der Waals surface area contributed by atoms with Gasteiger partial charge in [0, 0.05) is 19.1 Å². The molecule has 1 N–H and O–H groups in total. The van der Waals surface area contributed by atoms with E-state index in [9.17, 15) is 16.8 Å². The number of rotatable bonds is 8. The smallest absolute Gasteiger partial charge is 0.261 e. The highest BCUT2D eigenvalue weighted by molar-refractivity contribution is 7.92. The van der Waals surface area contributed by atoms with E-state index in [1.165, 1.54) is 36.4 Å². The van der Waals surface area contributed by atoms with Crippen molar-refractivity contribution in [1.82, 2.24) is 0 Å². The number of aryl methyl sites for hydroxylation is 1. The van der Waals surface area contributed by atoms with Crippen LogP contribution in [0.4, 0.5) is 5.69 Å². The Morgan fingerprint density at radius 2 is 1.54 bits per heavy atom. The highest BCUT2D eigenvalue weighted by Crippen LogP contribution is 2.24. The first-order valence-electron chi connectivity index (χ1n) is 7.69. The van der Waals surface area contributed by atoms with Crippen LogP contribution in [0.5, 0.6) is 5.75 Å². The molecule has 142 valence electrons. The second kappa shape index (κ2) is 8.07. The van der Waals surface area contributed by atoms with Crippen molar-refractivity contribution < 1.29 is 26.3 Å². The van der Waals surface area contributed by atoms with Gasteiger partial charge in [0.05, 0.1) is 16.4 Å². The van der Waals surface area contributed by atoms with E-state index < -0.39 is 19.9 Å². The summed E-state index contributed by atoms with van der Waals surface area (Å²) in [6, 6.07) is 10.1. The number of sulfonamides is 1. The summed E-state index contributed by atoms with van der Waals surface area (Å²) in [6.45, 7) is 2.56. The molecule has 0 atom stereocenters.